The predicted octanol–water partition coefficient (Wildman–Crippen LogP) is 3.48. The molecule has 1 N–H and O–H groups in total. The van der Waals surface area contributed by atoms with Crippen LogP contribution in [0.4, 0.5) is 0 Å². The van der Waals surface area contributed by atoms with Crippen LogP contribution in [0.3, 0.4) is 0 Å². The third-order valence-electron chi connectivity index (χ3n) is 3.31. The molecule has 1 atom stereocenters. The van der Waals surface area contributed by atoms with Crippen molar-refractivity contribution in [2.24, 2.45) is 0 Å². The number of ether oxygens (including phenoxy) is 1. The first-order valence-corrected chi connectivity index (χ1v) is 6.59. The summed E-state index contributed by atoms with van der Waals surface area (Å²) < 4.78 is 5.08. The van der Waals surface area contributed by atoms with E-state index in [2.05, 4.69) is 19.1 Å². The molecule has 0 heterocycles. The Morgan fingerprint density at radius 2 is 1.37 bits per heavy atom. The first-order chi connectivity index (χ1) is 9.24. The molecule has 0 amide bonds. The summed E-state index contributed by atoms with van der Waals surface area (Å²) in [6.07, 6.45) is 0.449. The third kappa shape index (κ3) is 3.43. The average molecular weight is 256 g/mol. The van der Waals surface area contributed by atoms with Crippen molar-refractivity contribution in [2.75, 3.05) is 7.11 Å². The number of hydrogen-bond donors (Lipinski definition) is 1. The Morgan fingerprint density at radius 1 is 0.895 bits per heavy atom. The standard InChI is InChI=1S/C17H20O2/c1-3-13-4-8-15(9-5-13)17(18)16-10-6-14(7-11-16)12-19-2/h4-11,17-18H,3,12H2,1-2H3. The van der Waals surface area contributed by atoms with Gasteiger partial charge in [0.05, 0.1) is 6.61 Å². The van der Waals surface area contributed by atoms with E-state index in [1.807, 2.05) is 36.4 Å². The van der Waals surface area contributed by atoms with E-state index < -0.39 is 6.10 Å². The van der Waals surface area contributed by atoms with Gasteiger partial charge in [-0.2, -0.15) is 0 Å². The number of aliphatic hydroxyl groups is 1. The van der Waals surface area contributed by atoms with Crippen molar-refractivity contribution in [3.63, 3.8) is 0 Å². The highest BCUT2D eigenvalue weighted by Crippen LogP contribution is 2.22. The van der Waals surface area contributed by atoms with E-state index in [0.717, 1.165) is 23.1 Å². The highest BCUT2D eigenvalue weighted by atomic mass is 16.5. The van der Waals surface area contributed by atoms with E-state index in [4.69, 9.17) is 4.74 Å². The Bertz CT molecular complexity index is 500. The Kier molecular flexibility index (Phi) is 4.72. The van der Waals surface area contributed by atoms with Crippen molar-refractivity contribution in [1.29, 1.82) is 0 Å². The van der Waals surface area contributed by atoms with Gasteiger partial charge in [-0.15, -0.1) is 0 Å². The number of benzene rings is 2. The number of aryl methyl sites for hydroxylation is 1. The molecular formula is C17H20O2. The van der Waals surface area contributed by atoms with Gasteiger partial charge in [0.1, 0.15) is 6.10 Å². The molecule has 2 nitrogen and oxygen atoms in total. The Hall–Kier alpha value is -1.64. The smallest absolute Gasteiger partial charge is 0.104 e. The lowest BCUT2D eigenvalue weighted by atomic mass is 9.99. The second kappa shape index (κ2) is 6.50. The van der Waals surface area contributed by atoms with E-state index in [-0.39, 0.29) is 0 Å². The third-order valence-corrected chi connectivity index (χ3v) is 3.31. The van der Waals surface area contributed by atoms with Gasteiger partial charge in [-0.05, 0) is 28.7 Å². The second-order valence-electron chi connectivity index (χ2n) is 4.67. The lowest BCUT2D eigenvalue weighted by Crippen LogP contribution is -2.00. The maximum atomic E-state index is 10.3. The zero-order valence-corrected chi connectivity index (χ0v) is 11.5. The number of methoxy groups -OCH3 is 1. The molecular weight excluding hydrogens is 236 g/mol. The van der Waals surface area contributed by atoms with Crippen LogP contribution in [0.5, 0.6) is 0 Å². The van der Waals surface area contributed by atoms with Crippen LogP contribution in [-0.4, -0.2) is 12.2 Å². The van der Waals surface area contributed by atoms with Gasteiger partial charge >= 0.3 is 0 Å². The quantitative estimate of drug-likeness (QED) is 0.887. The second-order valence-corrected chi connectivity index (χ2v) is 4.67. The van der Waals surface area contributed by atoms with E-state index >= 15 is 0 Å². The Morgan fingerprint density at radius 3 is 1.79 bits per heavy atom. The summed E-state index contributed by atoms with van der Waals surface area (Å²) in [5.74, 6) is 0. The van der Waals surface area contributed by atoms with Gasteiger partial charge in [0.25, 0.3) is 0 Å². The molecule has 2 heteroatoms. The van der Waals surface area contributed by atoms with Gasteiger partial charge in [-0.1, -0.05) is 55.5 Å². The summed E-state index contributed by atoms with van der Waals surface area (Å²) in [5, 5.41) is 10.3. The van der Waals surface area contributed by atoms with Crippen molar-refractivity contribution in [2.45, 2.75) is 26.1 Å². The molecule has 1 unspecified atom stereocenters. The number of rotatable bonds is 5. The molecule has 0 aromatic heterocycles. The van der Waals surface area contributed by atoms with Gasteiger partial charge in [-0.25, -0.2) is 0 Å². The fourth-order valence-electron chi connectivity index (χ4n) is 2.09. The lowest BCUT2D eigenvalue weighted by molar-refractivity contribution is 0.184. The van der Waals surface area contributed by atoms with Crippen LogP contribution >= 0.6 is 0 Å². The van der Waals surface area contributed by atoms with Crippen molar-refractivity contribution < 1.29 is 9.84 Å². The fourth-order valence-corrected chi connectivity index (χ4v) is 2.09. The largest absolute Gasteiger partial charge is 0.384 e. The van der Waals surface area contributed by atoms with E-state index in [0.29, 0.717) is 6.61 Å². The van der Waals surface area contributed by atoms with E-state index in [9.17, 15) is 5.11 Å². The van der Waals surface area contributed by atoms with Crippen LogP contribution in [0.1, 0.15) is 35.3 Å². The minimum Gasteiger partial charge on any atom is -0.384 e. The van der Waals surface area contributed by atoms with Crippen LogP contribution in [0.2, 0.25) is 0 Å². The highest BCUT2D eigenvalue weighted by molar-refractivity contribution is 5.33. The molecule has 2 rings (SSSR count). The maximum absolute atomic E-state index is 10.3. The normalized spacial score (nSPS) is 12.4. The van der Waals surface area contributed by atoms with Crippen molar-refractivity contribution in [3.8, 4) is 0 Å². The lowest BCUT2D eigenvalue weighted by Gasteiger charge is -2.12. The Balaban J connectivity index is 2.15. The maximum Gasteiger partial charge on any atom is 0.104 e. The van der Waals surface area contributed by atoms with Crippen LogP contribution in [0.15, 0.2) is 48.5 Å². The van der Waals surface area contributed by atoms with Crippen LogP contribution in [-0.2, 0) is 17.8 Å². The summed E-state index contributed by atoms with van der Waals surface area (Å²) in [6, 6.07) is 16.0. The first kappa shape index (κ1) is 13.8. The molecule has 0 bridgehead atoms. The van der Waals surface area contributed by atoms with Crippen LogP contribution in [0.25, 0.3) is 0 Å². The van der Waals surface area contributed by atoms with Gasteiger partial charge < -0.3 is 9.84 Å². The molecule has 100 valence electrons. The summed E-state index contributed by atoms with van der Waals surface area (Å²) in [5.41, 5.74) is 4.23. The van der Waals surface area contributed by atoms with Crippen molar-refractivity contribution in [1.82, 2.24) is 0 Å². The van der Waals surface area contributed by atoms with Gasteiger partial charge in [0, 0.05) is 7.11 Å². The highest BCUT2D eigenvalue weighted by Gasteiger charge is 2.09. The minimum atomic E-state index is -0.567. The average Bonchev–Trinajstić information content (AvgIpc) is 2.48. The van der Waals surface area contributed by atoms with Gasteiger partial charge in [-0.3, -0.25) is 0 Å². The Labute approximate surface area is 114 Å². The summed E-state index contributed by atoms with van der Waals surface area (Å²) in [6.45, 7) is 2.72. The van der Waals surface area contributed by atoms with Crippen molar-refractivity contribution >= 4 is 0 Å². The van der Waals surface area contributed by atoms with Gasteiger partial charge in [0.2, 0.25) is 0 Å². The SMILES string of the molecule is CCc1ccc(C(O)c2ccc(COC)cc2)cc1. The molecule has 0 aliphatic heterocycles. The molecule has 0 aliphatic rings. The molecule has 0 saturated carbocycles. The fraction of sp³-hybridized carbons (Fsp3) is 0.294. The monoisotopic (exact) mass is 256 g/mol. The molecule has 0 saturated heterocycles. The molecule has 0 aliphatic carbocycles. The summed E-state index contributed by atoms with van der Waals surface area (Å²) in [7, 11) is 1.68. The molecule has 19 heavy (non-hydrogen) atoms. The summed E-state index contributed by atoms with van der Waals surface area (Å²) >= 11 is 0. The van der Waals surface area contributed by atoms with E-state index in [1.54, 1.807) is 7.11 Å². The number of aliphatic hydroxyl groups excluding tert-OH is 1. The van der Waals surface area contributed by atoms with Crippen molar-refractivity contribution in [3.05, 3.63) is 70.8 Å². The molecule has 2 aromatic rings. The summed E-state index contributed by atoms with van der Waals surface area (Å²) in [4.78, 5) is 0. The first-order valence-electron chi connectivity index (χ1n) is 6.59. The van der Waals surface area contributed by atoms with Gasteiger partial charge in [0.15, 0.2) is 0 Å². The minimum absolute atomic E-state index is 0.567. The van der Waals surface area contributed by atoms with Crippen LogP contribution in [0, 0.1) is 0 Å². The van der Waals surface area contributed by atoms with E-state index in [1.165, 1.54) is 5.56 Å². The molecule has 0 fully saturated rings. The molecule has 2 aromatic carbocycles. The predicted molar refractivity (Wildman–Crippen MR) is 77.0 cm³/mol. The zero-order chi connectivity index (χ0) is 13.7. The zero-order valence-electron chi connectivity index (χ0n) is 11.5. The molecule has 0 spiro atoms. The number of hydrogen-bond acceptors (Lipinski definition) is 2. The van der Waals surface area contributed by atoms with Crippen LogP contribution < -0.4 is 0 Å². The topological polar surface area (TPSA) is 29.5 Å². The molecule has 0 radical (unpaired) electrons.